The van der Waals surface area contributed by atoms with E-state index in [4.69, 9.17) is 18.6 Å². The topological polar surface area (TPSA) is 71.1 Å². The molecular formula is C39H61IO6Si. The van der Waals surface area contributed by atoms with E-state index in [1.165, 1.54) is 6.08 Å². The molecule has 0 aliphatic carbocycles. The van der Waals surface area contributed by atoms with Gasteiger partial charge in [-0.2, -0.15) is 0 Å². The van der Waals surface area contributed by atoms with Crippen molar-refractivity contribution >= 4 is 42.8 Å². The van der Waals surface area contributed by atoms with Gasteiger partial charge in [-0.15, -0.1) is 11.8 Å². The van der Waals surface area contributed by atoms with Crippen LogP contribution in [-0.2, 0) is 28.2 Å². The van der Waals surface area contributed by atoms with E-state index in [2.05, 4.69) is 102 Å². The van der Waals surface area contributed by atoms with Crippen molar-refractivity contribution < 1.29 is 28.2 Å². The van der Waals surface area contributed by atoms with Crippen LogP contribution in [0.5, 0.6) is 0 Å². The van der Waals surface area contributed by atoms with Crippen LogP contribution in [0.2, 0.25) is 16.6 Å². The summed E-state index contributed by atoms with van der Waals surface area (Å²) < 4.78 is 27.2. The predicted molar refractivity (Wildman–Crippen MR) is 204 cm³/mol. The average Bonchev–Trinajstić information content (AvgIpc) is 3.00. The minimum absolute atomic E-state index is 0.0309. The van der Waals surface area contributed by atoms with E-state index in [1.807, 2.05) is 37.0 Å². The minimum atomic E-state index is -2.30. The third-order valence-corrected chi connectivity index (χ3v) is 16.7. The van der Waals surface area contributed by atoms with Crippen molar-refractivity contribution in [3.63, 3.8) is 0 Å². The summed E-state index contributed by atoms with van der Waals surface area (Å²) in [6, 6.07) is 0. The first-order chi connectivity index (χ1) is 22.1. The standard InChI is InChI=1S/C39H61IO6Si/c1-14-16-19-30(10)35(46-47(26(3)4,27(5)6)28(7)8)24-36(32(12)39(43-13)31(11)25-40)45-37(41)21-17-20-33-22-34(29(9)18-15-2)44-38(42)23-33/h17,19,21,25-29,32-36,39H,20,22-24H2,1-13H3/b21-17+,30-19+,31-25+/t29-,32+,33-,34-,35+,36+,39+/m1/s1. The smallest absolute Gasteiger partial charge is 0.330 e. The predicted octanol–water partition coefficient (Wildman–Crippen LogP) is 9.74. The summed E-state index contributed by atoms with van der Waals surface area (Å²) in [5, 5.41) is 0. The zero-order chi connectivity index (χ0) is 35.9. The Kier molecular flexibility index (Phi) is 19.5. The number of esters is 2. The van der Waals surface area contributed by atoms with E-state index in [0.29, 0.717) is 35.9 Å². The van der Waals surface area contributed by atoms with Gasteiger partial charge in [0.2, 0.25) is 8.32 Å². The number of carbonyl (C=O) groups excluding carboxylic acids is 2. The normalized spacial score (nSPS) is 21.0. The Bertz CT molecular complexity index is 1210. The van der Waals surface area contributed by atoms with Crippen LogP contribution < -0.4 is 0 Å². The van der Waals surface area contributed by atoms with Gasteiger partial charge in [0, 0.05) is 31.9 Å². The fourth-order valence-electron chi connectivity index (χ4n) is 7.18. The van der Waals surface area contributed by atoms with Crippen LogP contribution in [0, 0.1) is 41.4 Å². The lowest BCUT2D eigenvalue weighted by Gasteiger charge is -2.45. The van der Waals surface area contributed by atoms with Gasteiger partial charge >= 0.3 is 11.9 Å². The Morgan fingerprint density at radius 1 is 1.02 bits per heavy atom. The Morgan fingerprint density at radius 3 is 2.15 bits per heavy atom. The van der Waals surface area contributed by atoms with E-state index in [1.54, 1.807) is 14.0 Å². The number of cyclic esters (lactones) is 1. The highest BCUT2D eigenvalue weighted by Crippen LogP contribution is 2.44. The number of hydrogen-bond donors (Lipinski definition) is 0. The van der Waals surface area contributed by atoms with Crippen molar-refractivity contribution in [2.45, 2.75) is 150 Å². The van der Waals surface area contributed by atoms with Gasteiger partial charge in [0.1, 0.15) is 12.2 Å². The molecule has 0 aromatic heterocycles. The third-order valence-electron chi connectivity index (χ3n) is 9.62. The number of carbonyl (C=O) groups is 2. The minimum Gasteiger partial charge on any atom is -0.461 e. The average molecular weight is 781 g/mol. The van der Waals surface area contributed by atoms with Gasteiger partial charge in [-0.1, -0.05) is 89.0 Å². The number of methoxy groups -OCH3 is 1. The number of rotatable bonds is 17. The van der Waals surface area contributed by atoms with Gasteiger partial charge < -0.3 is 18.6 Å². The molecule has 1 heterocycles. The first-order valence-electron chi connectivity index (χ1n) is 17.1. The molecule has 0 amide bonds. The van der Waals surface area contributed by atoms with Crippen LogP contribution in [0.15, 0.2) is 33.5 Å². The molecule has 0 saturated carbocycles. The molecule has 0 N–H and O–H groups in total. The van der Waals surface area contributed by atoms with Crippen molar-refractivity contribution in [3.05, 3.63) is 33.5 Å². The monoisotopic (exact) mass is 780 g/mol. The molecular weight excluding hydrogens is 719 g/mol. The maximum absolute atomic E-state index is 13.5. The van der Waals surface area contributed by atoms with Crippen LogP contribution in [0.25, 0.3) is 0 Å². The Balaban J connectivity index is 3.43. The van der Waals surface area contributed by atoms with E-state index >= 15 is 0 Å². The van der Waals surface area contributed by atoms with Gasteiger partial charge in [0.25, 0.3) is 0 Å². The third kappa shape index (κ3) is 12.8. The summed E-state index contributed by atoms with van der Waals surface area (Å²) in [5.41, 5.74) is 3.26. The second-order valence-corrected chi connectivity index (χ2v) is 20.0. The molecule has 0 unspecified atom stereocenters. The molecule has 264 valence electrons. The lowest BCUT2D eigenvalue weighted by Crippen LogP contribution is -2.51. The van der Waals surface area contributed by atoms with Gasteiger partial charge in [-0.3, -0.25) is 4.79 Å². The van der Waals surface area contributed by atoms with Crippen LogP contribution in [0.1, 0.15) is 109 Å². The second-order valence-electron chi connectivity index (χ2n) is 13.9. The maximum atomic E-state index is 13.5. The van der Waals surface area contributed by atoms with Crippen molar-refractivity contribution in [2.24, 2.45) is 17.8 Å². The lowest BCUT2D eigenvalue weighted by molar-refractivity contribution is -0.158. The molecule has 1 fully saturated rings. The molecule has 1 saturated heterocycles. The Labute approximate surface area is 301 Å². The van der Waals surface area contributed by atoms with Gasteiger partial charge in [-0.25, -0.2) is 4.79 Å². The van der Waals surface area contributed by atoms with Crippen LogP contribution in [-0.4, -0.2) is 51.8 Å². The Hall–Kier alpha value is -1.85. The summed E-state index contributed by atoms with van der Waals surface area (Å²) >= 11 is 2.23. The number of allylic oxidation sites excluding steroid dienone is 2. The van der Waals surface area contributed by atoms with Crippen molar-refractivity contribution in [1.29, 1.82) is 0 Å². The molecule has 0 bridgehead atoms. The summed E-state index contributed by atoms with van der Waals surface area (Å²) in [4.78, 5) is 25.8. The molecule has 0 spiro atoms. The number of halogens is 1. The highest BCUT2D eigenvalue weighted by Gasteiger charge is 2.47. The molecule has 0 radical (unpaired) electrons. The quantitative estimate of drug-likeness (QED) is 0.0482. The molecule has 0 aromatic carbocycles. The summed E-state index contributed by atoms with van der Waals surface area (Å²) in [6.45, 7) is 25.4. The zero-order valence-electron chi connectivity index (χ0n) is 31.2. The summed E-state index contributed by atoms with van der Waals surface area (Å²) in [5.74, 6) is 11.4. The van der Waals surface area contributed by atoms with E-state index < -0.39 is 20.4 Å². The van der Waals surface area contributed by atoms with Crippen LogP contribution in [0.4, 0.5) is 0 Å². The molecule has 0 aromatic rings. The van der Waals surface area contributed by atoms with E-state index in [9.17, 15) is 9.59 Å². The first-order valence-corrected chi connectivity index (χ1v) is 20.5. The fourth-order valence-corrected chi connectivity index (χ4v) is 13.1. The Morgan fingerprint density at radius 2 is 1.64 bits per heavy atom. The molecule has 8 heteroatoms. The molecule has 47 heavy (non-hydrogen) atoms. The molecule has 6 nitrogen and oxygen atoms in total. The molecule has 1 rings (SSSR count). The lowest BCUT2D eigenvalue weighted by atomic mass is 9.87. The molecule has 1 aliphatic rings. The van der Waals surface area contributed by atoms with E-state index in [-0.39, 0.29) is 42.0 Å². The molecule has 7 atom stereocenters. The van der Waals surface area contributed by atoms with Crippen LogP contribution in [0.3, 0.4) is 0 Å². The van der Waals surface area contributed by atoms with Gasteiger partial charge in [-0.05, 0) is 91.3 Å². The number of ether oxygens (including phenoxy) is 3. The zero-order valence-corrected chi connectivity index (χ0v) is 34.4. The summed E-state index contributed by atoms with van der Waals surface area (Å²) in [7, 11) is -0.599. The highest BCUT2D eigenvalue weighted by atomic mass is 127. The fraction of sp³-hybridized carbons (Fsp3) is 0.692. The van der Waals surface area contributed by atoms with Gasteiger partial charge in [0.15, 0.2) is 0 Å². The SMILES string of the molecule is CC#C/C=C(\C)[C@H](C[C@H](OC(=O)/C=C/C[C@H]1CC(=O)O[C@@H]([C@H](C)C#CC)C1)[C@H](C)[C@@H](OC)/C(C)=C/I)O[Si](C(C)C)(C(C)C)C(C)C. The van der Waals surface area contributed by atoms with Crippen molar-refractivity contribution in [2.75, 3.05) is 7.11 Å². The van der Waals surface area contributed by atoms with E-state index in [0.717, 1.165) is 17.6 Å². The number of hydrogen-bond acceptors (Lipinski definition) is 6. The van der Waals surface area contributed by atoms with Gasteiger partial charge in [0.05, 0.1) is 18.1 Å². The van der Waals surface area contributed by atoms with Crippen molar-refractivity contribution in [1.82, 2.24) is 0 Å². The maximum Gasteiger partial charge on any atom is 0.330 e. The molecule has 1 aliphatic heterocycles. The second kappa shape index (κ2) is 21.3. The largest absolute Gasteiger partial charge is 0.461 e. The summed E-state index contributed by atoms with van der Waals surface area (Å²) in [6.07, 6.45) is 6.14. The van der Waals surface area contributed by atoms with Crippen LogP contribution >= 0.6 is 22.6 Å². The van der Waals surface area contributed by atoms with Crippen molar-refractivity contribution in [3.8, 4) is 23.7 Å². The first kappa shape index (κ1) is 43.2. The highest BCUT2D eigenvalue weighted by molar-refractivity contribution is 14.1.